The fourth-order valence-electron chi connectivity index (χ4n) is 2.61. The number of halogens is 2. The zero-order valence-corrected chi connectivity index (χ0v) is 18.5. The largest absolute Gasteiger partial charge is 0.327 e. The van der Waals surface area contributed by atoms with E-state index in [1.54, 1.807) is 31.8 Å². The van der Waals surface area contributed by atoms with Crippen LogP contribution in [0, 0.1) is 25.7 Å². The van der Waals surface area contributed by atoms with Gasteiger partial charge in [-0.25, -0.2) is 4.98 Å². The van der Waals surface area contributed by atoms with Gasteiger partial charge in [-0.1, -0.05) is 29.1 Å². The van der Waals surface area contributed by atoms with Crippen LogP contribution in [-0.2, 0) is 29.6 Å². The van der Waals surface area contributed by atoms with Crippen molar-refractivity contribution in [2.45, 2.75) is 18.7 Å². The second-order valence-electron chi connectivity index (χ2n) is 6.12. The van der Waals surface area contributed by atoms with Crippen molar-refractivity contribution < 1.29 is 4.18 Å². The first-order valence-corrected chi connectivity index (χ1v) is 10.3. The molecule has 1 atom stereocenters. The van der Waals surface area contributed by atoms with Gasteiger partial charge < -0.3 is 4.57 Å². The van der Waals surface area contributed by atoms with E-state index < -0.39 is 11.4 Å². The molecule has 2 heterocycles. The normalized spacial score (nSPS) is 11.8. The highest BCUT2D eigenvalue weighted by atomic mass is 35.5. The first kappa shape index (κ1) is 20.6. The van der Waals surface area contributed by atoms with Crippen LogP contribution >= 0.6 is 23.2 Å². The molecule has 9 heteroatoms. The van der Waals surface area contributed by atoms with Gasteiger partial charge in [-0.15, -0.1) is 4.18 Å². The molecule has 0 fully saturated rings. The molecule has 2 aromatic heterocycles. The molecule has 0 bridgehead atoms. The molecule has 3 aromatic rings. The number of anilines is 1. The summed E-state index contributed by atoms with van der Waals surface area (Å²) in [4.78, 5) is 4.73. The van der Waals surface area contributed by atoms with E-state index >= 15 is 0 Å². The number of benzene rings is 1. The lowest BCUT2D eigenvalue weighted by atomic mass is 10.2. The van der Waals surface area contributed by atoms with Crippen LogP contribution in [0.2, 0.25) is 10.0 Å². The number of hydrogen-bond acceptors (Lipinski definition) is 4. The fraction of sp³-hybridized carbons (Fsp3) is 0.263. The Balaban J connectivity index is 1.93. The summed E-state index contributed by atoms with van der Waals surface area (Å²) in [5, 5.41) is 5.39. The molecule has 0 aliphatic rings. The summed E-state index contributed by atoms with van der Waals surface area (Å²) in [5.41, 5.74) is 4.30. The van der Waals surface area contributed by atoms with Gasteiger partial charge in [0.05, 0.1) is 31.0 Å². The minimum atomic E-state index is -0.851. The van der Waals surface area contributed by atoms with Gasteiger partial charge in [0.25, 0.3) is 4.90 Å². The molecule has 0 aliphatic heterocycles. The van der Waals surface area contributed by atoms with Crippen molar-refractivity contribution in [2.24, 2.45) is 14.1 Å². The van der Waals surface area contributed by atoms with Crippen molar-refractivity contribution in [3.05, 3.63) is 57.3 Å². The van der Waals surface area contributed by atoms with Crippen molar-refractivity contribution >= 4 is 40.3 Å². The quantitative estimate of drug-likeness (QED) is 0.495. The summed E-state index contributed by atoms with van der Waals surface area (Å²) in [6.07, 6.45) is 3.40. The molecule has 3 rings (SSSR count). The van der Waals surface area contributed by atoms with Crippen molar-refractivity contribution in [3.63, 3.8) is 0 Å². The van der Waals surface area contributed by atoms with E-state index in [0.717, 1.165) is 22.8 Å². The third kappa shape index (κ3) is 4.15. The Morgan fingerprint density at radius 2 is 1.82 bits per heavy atom. The molecule has 6 nitrogen and oxygen atoms in total. The summed E-state index contributed by atoms with van der Waals surface area (Å²) >= 11 is 12.2. The molecule has 1 aromatic carbocycles. The summed E-state index contributed by atoms with van der Waals surface area (Å²) < 4.78 is 12.7. The lowest BCUT2D eigenvalue weighted by Crippen LogP contribution is -2.18. The summed E-state index contributed by atoms with van der Waals surface area (Å²) in [7, 11) is 5.40. The van der Waals surface area contributed by atoms with Gasteiger partial charge in [-0.05, 0) is 31.9 Å². The maximum atomic E-state index is 6.55. The second kappa shape index (κ2) is 8.50. The van der Waals surface area contributed by atoms with Crippen LogP contribution in [0.4, 0.5) is 5.69 Å². The van der Waals surface area contributed by atoms with Crippen molar-refractivity contribution in [2.75, 3.05) is 11.8 Å². The Kier molecular flexibility index (Phi) is 6.26. The van der Waals surface area contributed by atoms with E-state index in [1.165, 1.54) is 0 Å². The first-order chi connectivity index (χ1) is 13.3. The average Bonchev–Trinajstić information content (AvgIpc) is 3.15. The Morgan fingerprint density at radius 3 is 2.32 bits per heavy atom. The predicted octanol–water partition coefficient (Wildman–Crippen LogP) is 4.04. The molecule has 0 saturated heterocycles. The number of rotatable bonds is 4. The summed E-state index contributed by atoms with van der Waals surface area (Å²) in [5.74, 6) is 6.14. The van der Waals surface area contributed by atoms with Gasteiger partial charge in [-0.3, -0.25) is 4.68 Å². The van der Waals surface area contributed by atoms with Crippen LogP contribution in [0.5, 0.6) is 0 Å². The summed E-state index contributed by atoms with van der Waals surface area (Å²) in [6, 6.07) is 3.57. The standard InChI is InChI=1S/C19H20Cl2N5OS/c1-12-18(13(2)26(4)23-12)24-28(27-5)19-16(20)8-14(9-17(19)21)6-7-15-10-22-11-25(15)3/h8-11,24H,1-5H3/q+1. The third-order valence-electron chi connectivity index (χ3n) is 4.21. The Labute approximate surface area is 177 Å². The Bertz CT molecular complexity index is 1060. The van der Waals surface area contributed by atoms with Gasteiger partial charge in [0.2, 0.25) is 0 Å². The molecular formula is C19H20Cl2N5OS+. The highest BCUT2D eigenvalue weighted by Crippen LogP contribution is 2.34. The van der Waals surface area contributed by atoms with Crippen LogP contribution in [-0.4, -0.2) is 26.4 Å². The van der Waals surface area contributed by atoms with E-state index in [0.29, 0.717) is 20.5 Å². The number of nitrogens with one attached hydrogen (secondary N) is 1. The fourth-order valence-corrected chi connectivity index (χ4v) is 4.83. The monoisotopic (exact) mass is 436 g/mol. The minimum absolute atomic E-state index is 0.485. The van der Waals surface area contributed by atoms with Crippen molar-refractivity contribution in [1.82, 2.24) is 19.3 Å². The SMILES string of the molecule is CO[S+](Nc1c(C)nn(C)c1C)c1c(Cl)cc(C#Cc2cncn2C)cc1Cl. The van der Waals surface area contributed by atoms with Crippen LogP contribution in [0.3, 0.4) is 0 Å². The van der Waals surface area contributed by atoms with E-state index in [2.05, 4.69) is 26.6 Å². The lowest BCUT2D eigenvalue weighted by Gasteiger charge is -2.09. The molecule has 0 saturated carbocycles. The highest BCUT2D eigenvalue weighted by Gasteiger charge is 2.33. The van der Waals surface area contributed by atoms with E-state index in [-0.39, 0.29) is 0 Å². The number of imidazole rings is 1. The van der Waals surface area contributed by atoms with E-state index in [9.17, 15) is 0 Å². The van der Waals surface area contributed by atoms with Crippen LogP contribution in [0.15, 0.2) is 29.6 Å². The van der Waals surface area contributed by atoms with Crippen molar-refractivity contribution in [3.8, 4) is 11.8 Å². The molecule has 0 aliphatic carbocycles. The second-order valence-corrected chi connectivity index (χ2v) is 8.41. The van der Waals surface area contributed by atoms with E-state index in [4.69, 9.17) is 27.4 Å². The molecule has 0 spiro atoms. The highest BCUT2D eigenvalue weighted by molar-refractivity contribution is 7.94. The number of aromatic nitrogens is 4. The molecule has 1 N–H and O–H groups in total. The molecule has 0 radical (unpaired) electrons. The smallest absolute Gasteiger partial charge is 0.309 e. The van der Waals surface area contributed by atoms with Crippen LogP contribution < -0.4 is 4.72 Å². The number of aryl methyl sites for hydroxylation is 3. The maximum Gasteiger partial charge on any atom is 0.309 e. The van der Waals surface area contributed by atoms with Crippen LogP contribution in [0.25, 0.3) is 0 Å². The molecule has 0 amide bonds. The van der Waals surface area contributed by atoms with Gasteiger partial charge in [-0.2, -0.15) is 9.82 Å². The molecular weight excluding hydrogens is 417 g/mol. The van der Waals surface area contributed by atoms with Crippen LogP contribution in [0.1, 0.15) is 22.6 Å². The molecule has 1 unspecified atom stereocenters. The molecule has 28 heavy (non-hydrogen) atoms. The van der Waals surface area contributed by atoms with Gasteiger partial charge in [0, 0.05) is 19.7 Å². The number of hydrogen-bond donors (Lipinski definition) is 1. The lowest BCUT2D eigenvalue weighted by molar-refractivity contribution is 0.475. The first-order valence-electron chi connectivity index (χ1n) is 8.34. The van der Waals surface area contributed by atoms with E-state index in [1.807, 2.05) is 37.2 Å². The predicted molar refractivity (Wildman–Crippen MR) is 115 cm³/mol. The third-order valence-corrected chi connectivity index (χ3v) is 6.56. The Hall–Kier alpha value is -2.11. The minimum Gasteiger partial charge on any atom is -0.327 e. The topological polar surface area (TPSA) is 56.9 Å². The maximum absolute atomic E-state index is 6.55. The van der Waals surface area contributed by atoms with Gasteiger partial charge in [0.15, 0.2) is 0 Å². The van der Waals surface area contributed by atoms with Crippen molar-refractivity contribution in [1.29, 1.82) is 0 Å². The number of nitrogens with zero attached hydrogens (tertiary/aromatic N) is 4. The van der Waals surface area contributed by atoms with Gasteiger partial charge in [0.1, 0.15) is 21.4 Å². The zero-order chi connectivity index (χ0) is 20.4. The van der Waals surface area contributed by atoms with Gasteiger partial charge >= 0.3 is 11.4 Å². The Morgan fingerprint density at radius 1 is 1.14 bits per heavy atom. The molecule has 146 valence electrons. The average molecular weight is 437 g/mol. The zero-order valence-electron chi connectivity index (χ0n) is 16.2. The summed E-state index contributed by atoms with van der Waals surface area (Å²) in [6.45, 7) is 3.92.